The molecule has 0 aliphatic carbocycles. The van der Waals surface area contributed by atoms with E-state index >= 15 is 0 Å². The summed E-state index contributed by atoms with van der Waals surface area (Å²) in [6.07, 6.45) is 1.41. The number of benzene rings is 2. The molecule has 0 fully saturated rings. The van der Waals surface area contributed by atoms with E-state index in [1.54, 1.807) is 42.5 Å². The Hall–Kier alpha value is -3.50. The van der Waals surface area contributed by atoms with Crippen molar-refractivity contribution in [2.24, 2.45) is 0 Å². The highest BCUT2D eigenvalue weighted by molar-refractivity contribution is 6.30. The SMILES string of the molecule is COC(=O)COc1ccc(/C=C(\C#N)C(=O)Nc2ccc(Cl)cc2)cc1OC. The van der Waals surface area contributed by atoms with Crippen molar-refractivity contribution in [3.63, 3.8) is 0 Å². The molecule has 1 amide bonds. The molecule has 0 saturated heterocycles. The molecular weight excluding hydrogens is 384 g/mol. The van der Waals surface area contributed by atoms with Crippen molar-refractivity contribution in [1.29, 1.82) is 5.26 Å². The van der Waals surface area contributed by atoms with Crippen molar-refractivity contribution < 1.29 is 23.8 Å². The first kappa shape index (κ1) is 20.8. The van der Waals surface area contributed by atoms with E-state index < -0.39 is 11.9 Å². The normalized spacial score (nSPS) is 10.6. The zero-order valence-electron chi connectivity index (χ0n) is 15.2. The molecule has 8 heteroatoms. The fourth-order valence-electron chi connectivity index (χ4n) is 2.14. The van der Waals surface area contributed by atoms with Crippen LogP contribution < -0.4 is 14.8 Å². The summed E-state index contributed by atoms with van der Waals surface area (Å²) in [6.45, 7) is -0.269. The van der Waals surface area contributed by atoms with Gasteiger partial charge in [0.05, 0.1) is 14.2 Å². The number of hydrogen-bond donors (Lipinski definition) is 1. The predicted octanol–water partition coefficient (Wildman–Crippen LogP) is 3.45. The molecule has 28 heavy (non-hydrogen) atoms. The second-order valence-electron chi connectivity index (χ2n) is 5.41. The molecule has 0 unspecified atom stereocenters. The minimum atomic E-state index is -0.560. The smallest absolute Gasteiger partial charge is 0.343 e. The second kappa shape index (κ2) is 10.00. The number of ether oxygens (including phenoxy) is 3. The van der Waals surface area contributed by atoms with Crippen molar-refractivity contribution in [2.75, 3.05) is 26.1 Å². The number of rotatable bonds is 7. The van der Waals surface area contributed by atoms with Crippen LogP contribution in [0.4, 0.5) is 5.69 Å². The Labute approximate surface area is 167 Å². The zero-order valence-corrected chi connectivity index (χ0v) is 15.9. The lowest BCUT2D eigenvalue weighted by molar-refractivity contribution is -0.142. The molecule has 0 atom stereocenters. The Morgan fingerprint density at radius 2 is 1.86 bits per heavy atom. The van der Waals surface area contributed by atoms with Gasteiger partial charge >= 0.3 is 5.97 Å². The lowest BCUT2D eigenvalue weighted by atomic mass is 10.1. The first-order chi connectivity index (χ1) is 13.5. The molecule has 2 rings (SSSR count). The maximum absolute atomic E-state index is 12.3. The third-order valence-electron chi connectivity index (χ3n) is 3.54. The van der Waals surface area contributed by atoms with E-state index in [4.69, 9.17) is 21.1 Å². The Kier molecular flexibility index (Phi) is 7.43. The first-order valence-electron chi connectivity index (χ1n) is 8.03. The van der Waals surface area contributed by atoms with Crippen LogP contribution in [0.3, 0.4) is 0 Å². The highest BCUT2D eigenvalue weighted by Gasteiger charge is 2.12. The van der Waals surface area contributed by atoms with Gasteiger partial charge in [-0.3, -0.25) is 4.79 Å². The van der Waals surface area contributed by atoms with Gasteiger partial charge in [0.1, 0.15) is 11.6 Å². The number of esters is 1. The molecule has 0 aromatic heterocycles. The third kappa shape index (κ3) is 5.76. The maximum atomic E-state index is 12.3. The lowest BCUT2D eigenvalue weighted by Gasteiger charge is -2.10. The Morgan fingerprint density at radius 3 is 2.46 bits per heavy atom. The molecule has 144 valence electrons. The van der Waals surface area contributed by atoms with Crippen molar-refractivity contribution in [3.8, 4) is 17.6 Å². The van der Waals surface area contributed by atoms with Crippen molar-refractivity contribution >= 4 is 35.2 Å². The average molecular weight is 401 g/mol. The number of anilines is 1. The summed E-state index contributed by atoms with van der Waals surface area (Å²) in [4.78, 5) is 23.5. The molecule has 0 radical (unpaired) electrons. The number of carbonyl (C=O) groups excluding carboxylic acids is 2. The quantitative estimate of drug-likeness (QED) is 0.434. The van der Waals surface area contributed by atoms with E-state index in [-0.39, 0.29) is 12.2 Å². The molecule has 0 heterocycles. The predicted molar refractivity (Wildman–Crippen MR) is 104 cm³/mol. The number of amides is 1. The van der Waals surface area contributed by atoms with Gasteiger partial charge in [0, 0.05) is 10.7 Å². The summed E-state index contributed by atoms with van der Waals surface area (Å²) in [5, 5.41) is 12.5. The largest absolute Gasteiger partial charge is 0.493 e. The molecule has 7 nitrogen and oxygen atoms in total. The summed E-state index contributed by atoms with van der Waals surface area (Å²) in [7, 11) is 2.70. The fraction of sp³-hybridized carbons (Fsp3) is 0.150. The number of halogens is 1. The number of carbonyl (C=O) groups is 2. The van der Waals surface area contributed by atoms with Gasteiger partial charge in [0.15, 0.2) is 18.1 Å². The summed E-state index contributed by atoms with van der Waals surface area (Å²) in [6, 6.07) is 13.2. The van der Waals surface area contributed by atoms with Crippen LogP contribution >= 0.6 is 11.6 Å². The van der Waals surface area contributed by atoms with Crippen LogP contribution in [-0.2, 0) is 14.3 Å². The van der Waals surface area contributed by atoms with Crippen LogP contribution in [-0.4, -0.2) is 32.7 Å². The lowest BCUT2D eigenvalue weighted by Crippen LogP contribution is -2.13. The molecule has 0 saturated carbocycles. The van der Waals surface area contributed by atoms with Crippen molar-refractivity contribution in [1.82, 2.24) is 0 Å². The molecule has 0 aliphatic heterocycles. The standard InChI is InChI=1S/C20H17ClN2O5/c1-26-18-10-13(3-8-17(18)28-12-19(24)27-2)9-14(11-22)20(25)23-16-6-4-15(21)5-7-16/h3-10H,12H2,1-2H3,(H,23,25)/b14-9+. The van der Waals surface area contributed by atoms with E-state index in [0.29, 0.717) is 27.8 Å². The number of nitrogens with zero attached hydrogens (tertiary/aromatic N) is 1. The molecule has 2 aromatic carbocycles. The van der Waals surface area contributed by atoms with Gasteiger partial charge in [-0.05, 0) is 48.0 Å². The van der Waals surface area contributed by atoms with Gasteiger partial charge in [-0.2, -0.15) is 5.26 Å². The van der Waals surface area contributed by atoms with Gasteiger partial charge in [0.25, 0.3) is 5.91 Å². The number of nitriles is 1. The molecule has 2 aromatic rings. The average Bonchev–Trinajstić information content (AvgIpc) is 2.71. The number of methoxy groups -OCH3 is 2. The van der Waals surface area contributed by atoms with E-state index in [9.17, 15) is 14.9 Å². The Balaban J connectivity index is 2.18. The van der Waals surface area contributed by atoms with Crippen LogP contribution in [0, 0.1) is 11.3 Å². The van der Waals surface area contributed by atoms with Gasteiger partial charge in [-0.25, -0.2) is 4.79 Å². The van der Waals surface area contributed by atoms with Crippen molar-refractivity contribution in [3.05, 3.63) is 58.6 Å². The Bertz CT molecular complexity index is 933. The van der Waals surface area contributed by atoms with Gasteiger partial charge in [0.2, 0.25) is 0 Å². The maximum Gasteiger partial charge on any atom is 0.343 e. The molecule has 0 spiro atoms. The van der Waals surface area contributed by atoms with E-state index in [2.05, 4.69) is 10.1 Å². The molecular formula is C20H17ClN2O5. The second-order valence-corrected chi connectivity index (χ2v) is 5.84. The topological polar surface area (TPSA) is 97.7 Å². The highest BCUT2D eigenvalue weighted by Crippen LogP contribution is 2.29. The monoisotopic (exact) mass is 400 g/mol. The minimum Gasteiger partial charge on any atom is -0.493 e. The van der Waals surface area contributed by atoms with Gasteiger partial charge in [-0.1, -0.05) is 17.7 Å². The van der Waals surface area contributed by atoms with Crippen LogP contribution in [0.5, 0.6) is 11.5 Å². The molecule has 0 aliphatic rings. The number of hydrogen-bond acceptors (Lipinski definition) is 6. The van der Waals surface area contributed by atoms with Gasteiger partial charge < -0.3 is 19.5 Å². The zero-order chi connectivity index (χ0) is 20.5. The summed E-state index contributed by atoms with van der Waals surface area (Å²) >= 11 is 5.81. The molecule has 1 N–H and O–H groups in total. The van der Waals surface area contributed by atoms with Crippen LogP contribution in [0.2, 0.25) is 5.02 Å². The van der Waals surface area contributed by atoms with E-state index in [0.717, 1.165) is 0 Å². The van der Waals surface area contributed by atoms with E-state index in [1.807, 2.05) is 6.07 Å². The highest BCUT2D eigenvalue weighted by atomic mass is 35.5. The molecule has 0 bridgehead atoms. The van der Waals surface area contributed by atoms with Crippen LogP contribution in [0.15, 0.2) is 48.0 Å². The summed E-state index contributed by atoms with van der Waals surface area (Å²) < 4.78 is 15.1. The summed E-state index contributed by atoms with van der Waals surface area (Å²) in [5.74, 6) is -0.423. The summed E-state index contributed by atoms with van der Waals surface area (Å²) in [5.41, 5.74) is 0.963. The fourth-order valence-corrected chi connectivity index (χ4v) is 2.26. The van der Waals surface area contributed by atoms with Crippen molar-refractivity contribution in [2.45, 2.75) is 0 Å². The number of nitrogens with one attached hydrogen (secondary N) is 1. The first-order valence-corrected chi connectivity index (χ1v) is 8.41. The van der Waals surface area contributed by atoms with Gasteiger partial charge in [-0.15, -0.1) is 0 Å². The van der Waals surface area contributed by atoms with Crippen LogP contribution in [0.1, 0.15) is 5.56 Å². The van der Waals surface area contributed by atoms with Crippen LogP contribution in [0.25, 0.3) is 6.08 Å². The Morgan fingerprint density at radius 1 is 1.14 bits per heavy atom. The van der Waals surface area contributed by atoms with E-state index in [1.165, 1.54) is 20.3 Å². The minimum absolute atomic E-state index is 0.0970. The third-order valence-corrected chi connectivity index (χ3v) is 3.79.